The molecule has 0 saturated heterocycles. The Balaban J connectivity index is 1.71. The lowest BCUT2D eigenvalue weighted by molar-refractivity contribution is -0.127. The maximum absolute atomic E-state index is 12.4. The largest absolute Gasteiger partial charge is 0.479 e. The summed E-state index contributed by atoms with van der Waals surface area (Å²) in [5, 5.41) is 15.9. The molecule has 1 amide bonds. The number of aliphatic hydroxyl groups excluding tert-OH is 1. The van der Waals surface area contributed by atoms with Crippen molar-refractivity contribution in [3.05, 3.63) is 45.9 Å². The lowest BCUT2D eigenvalue weighted by Gasteiger charge is -2.13. The minimum Gasteiger partial charge on any atom is -0.479 e. The molecule has 1 aliphatic rings. The lowest BCUT2D eigenvalue weighted by Crippen LogP contribution is -2.40. The second-order valence-corrected chi connectivity index (χ2v) is 8.16. The van der Waals surface area contributed by atoms with Crippen LogP contribution in [-0.2, 0) is 17.8 Å². The number of aromatic nitrogens is 1. The Morgan fingerprint density at radius 2 is 2.21 bits per heavy atom. The number of nitrogens with one attached hydrogen (secondary N) is 2. The molecule has 6 nitrogen and oxygen atoms in total. The van der Waals surface area contributed by atoms with Crippen molar-refractivity contribution in [1.29, 1.82) is 0 Å². The number of ether oxygens (including phenoxy) is 1. The molecule has 0 saturated carbocycles. The van der Waals surface area contributed by atoms with Gasteiger partial charge >= 0.3 is 0 Å². The van der Waals surface area contributed by atoms with E-state index in [1.54, 1.807) is 6.20 Å². The van der Waals surface area contributed by atoms with Crippen LogP contribution in [0.5, 0.6) is 5.75 Å². The van der Waals surface area contributed by atoms with Crippen LogP contribution < -0.4 is 15.4 Å². The van der Waals surface area contributed by atoms with E-state index in [9.17, 15) is 9.90 Å². The van der Waals surface area contributed by atoms with Crippen molar-refractivity contribution >= 4 is 39.1 Å². The second-order valence-electron chi connectivity index (χ2n) is 6.59. The predicted octanol–water partition coefficient (Wildman–Crippen LogP) is 2.75. The number of likely N-dealkylation sites (N-methyl/N-ethyl adjacent to an activating group) is 1. The fourth-order valence-corrected chi connectivity index (χ4v) is 4.62. The smallest absolute Gasteiger partial charge is 0.261 e. The molecule has 1 aliphatic heterocycles. The van der Waals surface area contributed by atoms with Crippen LogP contribution in [0.3, 0.4) is 0 Å². The molecule has 0 fully saturated rings. The zero-order chi connectivity index (χ0) is 19.7. The molecular weight excluding hydrogens is 398 g/mol. The number of thiophene rings is 1. The van der Waals surface area contributed by atoms with E-state index in [1.165, 1.54) is 11.3 Å². The van der Waals surface area contributed by atoms with E-state index in [0.29, 0.717) is 30.3 Å². The van der Waals surface area contributed by atoms with E-state index in [0.717, 1.165) is 31.8 Å². The summed E-state index contributed by atoms with van der Waals surface area (Å²) in [7, 11) is 1.84. The maximum Gasteiger partial charge on any atom is 0.261 e. The fourth-order valence-electron chi connectivity index (χ4n) is 3.37. The highest BCUT2D eigenvalue weighted by atomic mass is 35.5. The van der Waals surface area contributed by atoms with Gasteiger partial charge in [-0.1, -0.05) is 11.6 Å². The van der Waals surface area contributed by atoms with E-state index in [-0.39, 0.29) is 12.5 Å². The first-order valence-corrected chi connectivity index (χ1v) is 10.2. The average molecular weight is 418 g/mol. The fraction of sp³-hybridized carbons (Fsp3) is 0.300. The number of aliphatic hydroxyl groups is 1. The highest BCUT2D eigenvalue weighted by Gasteiger charge is 2.32. The highest BCUT2D eigenvalue weighted by Crippen LogP contribution is 2.44. The Morgan fingerprint density at radius 3 is 3.00 bits per heavy atom. The van der Waals surface area contributed by atoms with Crippen molar-refractivity contribution in [3.63, 3.8) is 0 Å². The zero-order valence-electron chi connectivity index (χ0n) is 15.3. The summed E-state index contributed by atoms with van der Waals surface area (Å²) in [5.74, 6) is 0.553. The molecule has 28 heavy (non-hydrogen) atoms. The van der Waals surface area contributed by atoms with Gasteiger partial charge in [0.1, 0.15) is 5.75 Å². The number of carbonyl (C=O) groups is 1. The van der Waals surface area contributed by atoms with Gasteiger partial charge in [0.2, 0.25) is 0 Å². The van der Waals surface area contributed by atoms with Crippen molar-refractivity contribution < 1.29 is 14.6 Å². The number of halogens is 1. The SMILES string of the molecule is CNCCNC(=O)C1Cc2cc(Cl)cc(-c3ccnc4cc(CO)sc34)c2O1. The van der Waals surface area contributed by atoms with Crippen molar-refractivity contribution in [3.8, 4) is 16.9 Å². The number of rotatable bonds is 6. The topological polar surface area (TPSA) is 83.5 Å². The van der Waals surface area contributed by atoms with Gasteiger partial charge in [-0.25, -0.2) is 0 Å². The molecule has 3 N–H and O–H groups in total. The van der Waals surface area contributed by atoms with Gasteiger partial charge < -0.3 is 20.5 Å². The first-order valence-electron chi connectivity index (χ1n) is 9.00. The van der Waals surface area contributed by atoms with Gasteiger partial charge in [-0.3, -0.25) is 9.78 Å². The molecule has 0 spiro atoms. The van der Waals surface area contributed by atoms with Crippen LogP contribution in [0, 0.1) is 0 Å². The summed E-state index contributed by atoms with van der Waals surface area (Å²) in [6, 6.07) is 7.50. The maximum atomic E-state index is 12.4. The second kappa shape index (κ2) is 8.05. The van der Waals surface area contributed by atoms with Crippen molar-refractivity contribution in [2.24, 2.45) is 0 Å². The summed E-state index contributed by atoms with van der Waals surface area (Å²) in [6.07, 6.45) is 1.64. The minimum atomic E-state index is -0.572. The third kappa shape index (κ3) is 3.58. The van der Waals surface area contributed by atoms with E-state index in [2.05, 4.69) is 15.6 Å². The number of amides is 1. The van der Waals surface area contributed by atoms with Crippen LogP contribution in [0.4, 0.5) is 0 Å². The standard InChI is InChI=1S/C20H20ClN3O3S/c1-22-4-5-24-20(26)17-7-11-6-12(21)8-15(18(11)27-17)14-2-3-23-16-9-13(10-25)28-19(14)16/h2-3,6,8-9,17,22,25H,4-5,7,10H2,1H3,(H,24,26). The molecule has 0 bridgehead atoms. The molecule has 4 rings (SSSR count). The molecule has 8 heteroatoms. The van der Waals surface area contributed by atoms with E-state index >= 15 is 0 Å². The minimum absolute atomic E-state index is 0.0283. The Kier molecular flexibility index (Phi) is 5.50. The molecule has 3 heterocycles. The number of hydrogen-bond acceptors (Lipinski definition) is 6. The Bertz CT molecular complexity index is 1040. The predicted molar refractivity (Wildman–Crippen MR) is 111 cm³/mol. The summed E-state index contributed by atoms with van der Waals surface area (Å²) in [4.78, 5) is 17.7. The number of carbonyl (C=O) groups excluding carboxylic acids is 1. The zero-order valence-corrected chi connectivity index (χ0v) is 16.9. The molecule has 1 aromatic carbocycles. The number of pyridine rings is 1. The third-order valence-electron chi connectivity index (χ3n) is 4.67. The molecule has 1 atom stereocenters. The van der Waals surface area contributed by atoms with Crippen molar-refractivity contribution in [2.45, 2.75) is 19.1 Å². The van der Waals surface area contributed by atoms with Gasteiger partial charge in [0.15, 0.2) is 6.10 Å². The average Bonchev–Trinajstić information content (AvgIpc) is 3.30. The van der Waals surface area contributed by atoms with Crippen LogP contribution in [0.25, 0.3) is 21.3 Å². The van der Waals surface area contributed by atoms with Crippen LogP contribution in [0.2, 0.25) is 5.02 Å². The molecular formula is C20H20ClN3O3S. The van der Waals surface area contributed by atoms with Crippen LogP contribution in [-0.4, -0.2) is 42.2 Å². The van der Waals surface area contributed by atoms with Gasteiger partial charge in [0.25, 0.3) is 5.91 Å². The molecule has 0 aliphatic carbocycles. The van der Waals surface area contributed by atoms with Crippen molar-refractivity contribution in [2.75, 3.05) is 20.1 Å². The van der Waals surface area contributed by atoms with Crippen LogP contribution in [0.15, 0.2) is 30.5 Å². The molecule has 2 aromatic heterocycles. The van der Waals surface area contributed by atoms with Crippen LogP contribution in [0.1, 0.15) is 10.4 Å². The number of nitrogens with zero attached hydrogens (tertiary/aromatic N) is 1. The monoisotopic (exact) mass is 417 g/mol. The first-order chi connectivity index (χ1) is 13.6. The third-order valence-corrected chi connectivity index (χ3v) is 6.03. The van der Waals surface area contributed by atoms with Gasteiger partial charge in [-0.05, 0) is 31.3 Å². The normalized spacial score (nSPS) is 15.5. The molecule has 0 radical (unpaired) electrons. The van der Waals surface area contributed by atoms with E-state index in [1.807, 2.05) is 31.3 Å². The van der Waals surface area contributed by atoms with Gasteiger partial charge in [0, 0.05) is 52.3 Å². The summed E-state index contributed by atoms with van der Waals surface area (Å²) in [6.45, 7) is 1.21. The Hall–Kier alpha value is -2.19. The van der Waals surface area contributed by atoms with E-state index < -0.39 is 6.10 Å². The lowest BCUT2D eigenvalue weighted by atomic mass is 10.0. The number of fused-ring (bicyclic) bond motifs is 2. The van der Waals surface area contributed by atoms with E-state index in [4.69, 9.17) is 16.3 Å². The Labute approximate surface area is 171 Å². The van der Waals surface area contributed by atoms with Crippen molar-refractivity contribution in [1.82, 2.24) is 15.6 Å². The number of hydrogen-bond donors (Lipinski definition) is 3. The van der Waals surface area contributed by atoms with Gasteiger partial charge in [-0.15, -0.1) is 11.3 Å². The Morgan fingerprint density at radius 1 is 1.36 bits per heavy atom. The summed E-state index contributed by atoms with van der Waals surface area (Å²) >= 11 is 7.87. The molecule has 146 valence electrons. The summed E-state index contributed by atoms with van der Waals surface area (Å²) < 4.78 is 7.03. The highest BCUT2D eigenvalue weighted by molar-refractivity contribution is 7.19. The summed E-state index contributed by atoms with van der Waals surface area (Å²) in [5.41, 5.74) is 3.51. The van der Waals surface area contributed by atoms with Crippen LogP contribution >= 0.6 is 22.9 Å². The first kappa shape index (κ1) is 19.1. The number of benzene rings is 1. The molecule has 1 unspecified atom stereocenters. The van der Waals surface area contributed by atoms with Gasteiger partial charge in [0.05, 0.1) is 16.8 Å². The molecule has 3 aromatic rings. The van der Waals surface area contributed by atoms with Gasteiger partial charge in [-0.2, -0.15) is 0 Å². The quantitative estimate of drug-likeness (QED) is 0.537.